The molecule has 4 aliphatic carbocycles. The molecule has 0 bridgehead atoms. The van der Waals surface area contributed by atoms with Crippen LogP contribution in [-0.2, 0) is 18.9 Å². The molecule has 0 aromatic carbocycles. The Morgan fingerprint density at radius 2 is 0.667 bits per heavy atom. The molecule has 0 spiro atoms. The van der Waals surface area contributed by atoms with E-state index in [2.05, 4.69) is 69.2 Å². The Hall–Kier alpha value is -0.160. The molecule has 0 heterocycles. The summed E-state index contributed by atoms with van der Waals surface area (Å²) in [6.45, 7) is 23.4. The van der Waals surface area contributed by atoms with Gasteiger partial charge in [0.25, 0.3) is 0 Å². The first-order chi connectivity index (χ1) is 19.5. The van der Waals surface area contributed by atoms with Crippen molar-refractivity contribution in [2.45, 2.75) is 220 Å². The van der Waals surface area contributed by atoms with E-state index in [1.54, 1.807) is 0 Å². The summed E-state index contributed by atoms with van der Waals surface area (Å²) < 4.78 is 26.5. The molecule has 0 aliphatic heterocycles. The Balaban J connectivity index is 1.15. The summed E-state index contributed by atoms with van der Waals surface area (Å²) in [7, 11) is 0. The van der Waals surface area contributed by atoms with Gasteiger partial charge < -0.3 is 18.9 Å². The van der Waals surface area contributed by atoms with Gasteiger partial charge in [-0.15, -0.1) is 0 Å². The highest BCUT2D eigenvalue weighted by atomic mass is 16.5. The molecule has 0 saturated heterocycles. The average Bonchev–Trinajstić information content (AvgIpc) is 2.90. The van der Waals surface area contributed by atoms with Crippen LogP contribution >= 0.6 is 0 Å². The van der Waals surface area contributed by atoms with Gasteiger partial charge in [-0.2, -0.15) is 0 Å². The van der Waals surface area contributed by atoms with Gasteiger partial charge in [0.1, 0.15) is 0 Å². The van der Waals surface area contributed by atoms with Gasteiger partial charge in [-0.1, -0.05) is 34.6 Å². The predicted molar refractivity (Wildman–Crippen MR) is 175 cm³/mol. The maximum absolute atomic E-state index is 6.98. The molecule has 0 amide bonds. The van der Waals surface area contributed by atoms with Crippen molar-refractivity contribution in [2.24, 2.45) is 22.7 Å². The molecule has 42 heavy (non-hydrogen) atoms. The summed E-state index contributed by atoms with van der Waals surface area (Å²) in [5, 5.41) is 0. The van der Waals surface area contributed by atoms with Gasteiger partial charge in [0, 0.05) is 0 Å². The second kappa shape index (κ2) is 14.1. The van der Waals surface area contributed by atoms with Crippen molar-refractivity contribution >= 4 is 0 Å². The number of rotatable bonds is 9. The molecule has 0 N–H and O–H groups in total. The van der Waals surface area contributed by atoms with E-state index in [1.165, 1.54) is 51.4 Å². The zero-order valence-electron chi connectivity index (χ0n) is 29.6. The van der Waals surface area contributed by atoms with E-state index in [1.807, 2.05) is 0 Å². The normalized spacial score (nSPS) is 36.1. The summed E-state index contributed by atoms with van der Waals surface area (Å²) >= 11 is 0. The van der Waals surface area contributed by atoms with E-state index in [0.29, 0.717) is 48.0 Å². The molecule has 4 heteroatoms. The van der Waals surface area contributed by atoms with Crippen LogP contribution in [-0.4, -0.2) is 47.8 Å². The maximum atomic E-state index is 6.98. The fraction of sp³-hybridized carbons (Fsp3) is 1.00. The molecule has 0 radical (unpaired) electrons. The smallest absolute Gasteiger partial charge is 0.0683 e. The lowest BCUT2D eigenvalue weighted by atomic mass is 9.62. The van der Waals surface area contributed by atoms with Crippen LogP contribution in [0.15, 0.2) is 0 Å². The quantitative estimate of drug-likeness (QED) is 0.268. The zero-order valence-corrected chi connectivity index (χ0v) is 29.6. The van der Waals surface area contributed by atoms with Crippen LogP contribution in [0.5, 0.6) is 0 Å². The SMILES string of the molecule is CC(C)(C)OC1CCC(OC2CCC(C(C)(C)C(C)(C)OC3CCC(OC4CCC(C(C)(C)C)CC4)CC3)CC2)CC1. The molecule has 4 rings (SSSR count). The topological polar surface area (TPSA) is 36.9 Å². The fourth-order valence-corrected chi connectivity index (χ4v) is 8.66. The Labute approximate surface area is 261 Å². The molecule has 4 fully saturated rings. The van der Waals surface area contributed by atoms with E-state index in [4.69, 9.17) is 18.9 Å². The molecule has 0 aromatic rings. The van der Waals surface area contributed by atoms with Gasteiger partial charge in [0.15, 0.2) is 0 Å². The number of hydrogen-bond acceptors (Lipinski definition) is 4. The Bertz CT molecular complexity index is 788. The van der Waals surface area contributed by atoms with Crippen molar-refractivity contribution in [1.82, 2.24) is 0 Å². The summed E-state index contributed by atoms with van der Waals surface area (Å²) in [6.07, 6.45) is 21.8. The van der Waals surface area contributed by atoms with Crippen LogP contribution in [0.2, 0.25) is 0 Å². The van der Waals surface area contributed by atoms with Gasteiger partial charge in [-0.3, -0.25) is 0 Å². The second-order valence-corrected chi connectivity index (χ2v) is 18.0. The van der Waals surface area contributed by atoms with Gasteiger partial charge in [-0.05, 0) is 160 Å². The molecular formula is C38H70O4. The molecule has 4 aliphatic rings. The molecular weight excluding hydrogens is 520 g/mol. The van der Waals surface area contributed by atoms with Crippen molar-refractivity contribution in [3.63, 3.8) is 0 Å². The van der Waals surface area contributed by atoms with Crippen molar-refractivity contribution in [3.05, 3.63) is 0 Å². The highest BCUT2D eigenvalue weighted by Crippen LogP contribution is 2.49. The zero-order chi connectivity index (χ0) is 30.8. The molecule has 0 atom stereocenters. The minimum Gasteiger partial charge on any atom is -0.375 e. The summed E-state index contributed by atoms with van der Waals surface area (Å²) in [4.78, 5) is 0. The van der Waals surface area contributed by atoms with Crippen LogP contribution in [0.3, 0.4) is 0 Å². The molecule has 0 unspecified atom stereocenters. The standard InChI is InChI=1S/C38H70O4/c1-35(2,3)27-11-15-29(16-12-27)39-32-21-25-34(26-22-32)42-38(9,10)37(7,8)28-13-17-30(18-14-28)40-31-19-23-33(24-20-31)41-36(4,5)6/h27-34H,11-26H2,1-10H3. The van der Waals surface area contributed by atoms with Crippen molar-refractivity contribution in [3.8, 4) is 0 Å². The molecule has 0 aromatic heterocycles. The van der Waals surface area contributed by atoms with Crippen LogP contribution in [0, 0.1) is 22.7 Å². The third-order valence-corrected chi connectivity index (χ3v) is 12.1. The predicted octanol–water partition coefficient (Wildman–Crippen LogP) is 10.4. The summed E-state index contributed by atoms with van der Waals surface area (Å²) in [5.41, 5.74) is 0.398. The van der Waals surface area contributed by atoms with Crippen molar-refractivity contribution < 1.29 is 18.9 Å². The van der Waals surface area contributed by atoms with Gasteiger partial charge in [0.2, 0.25) is 0 Å². The van der Waals surface area contributed by atoms with Gasteiger partial charge in [-0.25, -0.2) is 0 Å². The monoisotopic (exact) mass is 591 g/mol. The first-order valence-electron chi connectivity index (χ1n) is 18.2. The average molecular weight is 591 g/mol. The largest absolute Gasteiger partial charge is 0.375 e. The second-order valence-electron chi connectivity index (χ2n) is 18.0. The lowest BCUT2D eigenvalue weighted by Gasteiger charge is -2.51. The summed E-state index contributed by atoms with van der Waals surface area (Å²) in [6, 6.07) is 0. The highest BCUT2D eigenvalue weighted by Gasteiger charge is 2.47. The molecule has 4 saturated carbocycles. The van der Waals surface area contributed by atoms with Crippen LogP contribution < -0.4 is 0 Å². The van der Waals surface area contributed by atoms with Crippen LogP contribution in [0.1, 0.15) is 172 Å². The number of ether oxygens (including phenoxy) is 4. The lowest BCUT2D eigenvalue weighted by Crippen LogP contribution is -2.50. The highest BCUT2D eigenvalue weighted by molar-refractivity contribution is 4.96. The first kappa shape index (κ1) is 34.7. The van der Waals surface area contributed by atoms with E-state index >= 15 is 0 Å². The van der Waals surface area contributed by atoms with E-state index in [0.717, 1.165) is 57.3 Å². The summed E-state index contributed by atoms with van der Waals surface area (Å²) in [5.74, 6) is 1.54. The van der Waals surface area contributed by atoms with E-state index in [-0.39, 0.29) is 16.6 Å². The molecule has 4 nitrogen and oxygen atoms in total. The number of hydrogen-bond donors (Lipinski definition) is 0. The van der Waals surface area contributed by atoms with Gasteiger partial charge in [0.05, 0.1) is 47.8 Å². The minimum absolute atomic E-state index is 0.0416. The molecule has 246 valence electrons. The van der Waals surface area contributed by atoms with Crippen LogP contribution in [0.25, 0.3) is 0 Å². The fourth-order valence-electron chi connectivity index (χ4n) is 8.66. The van der Waals surface area contributed by atoms with Crippen LogP contribution in [0.4, 0.5) is 0 Å². The maximum Gasteiger partial charge on any atom is 0.0683 e. The lowest BCUT2D eigenvalue weighted by molar-refractivity contribution is -0.178. The minimum atomic E-state index is -0.138. The Kier molecular flexibility index (Phi) is 11.6. The van der Waals surface area contributed by atoms with E-state index in [9.17, 15) is 0 Å². The Morgan fingerprint density at radius 3 is 1.02 bits per heavy atom. The Morgan fingerprint density at radius 1 is 0.357 bits per heavy atom. The third-order valence-electron chi connectivity index (χ3n) is 12.1. The third kappa shape index (κ3) is 9.67. The van der Waals surface area contributed by atoms with E-state index < -0.39 is 0 Å². The first-order valence-corrected chi connectivity index (χ1v) is 18.2. The van der Waals surface area contributed by atoms with Crippen molar-refractivity contribution in [2.75, 3.05) is 0 Å². The van der Waals surface area contributed by atoms with Crippen molar-refractivity contribution in [1.29, 1.82) is 0 Å². The van der Waals surface area contributed by atoms with Gasteiger partial charge >= 0.3 is 0 Å².